The molecule has 0 amide bonds. The van der Waals surface area contributed by atoms with Crippen molar-refractivity contribution in [3.05, 3.63) is 23.4 Å². The van der Waals surface area contributed by atoms with E-state index in [1.807, 2.05) is 0 Å². The lowest BCUT2D eigenvalue weighted by Gasteiger charge is -2.15. The van der Waals surface area contributed by atoms with Crippen LogP contribution in [0.25, 0.3) is 0 Å². The summed E-state index contributed by atoms with van der Waals surface area (Å²) in [7, 11) is -0.996. The molecule has 1 aliphatic carbocycles. The normalized spacial score (nSPS) is 25.2. The maximum Gasteiger partial charge on any atom is 0.0772 e. The second-order valence-electron chi connectivity index (χ2n) is 3.68. The van der Waals surface area contributed by atoms with Gasteiger partial charge in [-0.15, -0.1) is 0 Å². The van der Waals surface area contributed by atoms with Crippen LogP contribution in [-0.2, 0) is 0 Å². The van der Waals surface area contributed by atoms with Crippen LogP contribution in [0.3, 0.4) is 0 Å². The van der Waals surface area contributed by atoms with E-state index >= 15 is 0 Å². The molecule has 10 heavy (non-hydrogen) atoms. The van der Waals surface area contributed by atoms with E-state index in [-0.39, 0.29) is 0 Å². The van der Waals surface area contributed by atoms with E-state index in [0.717, 1.165) is 0 Å². The summed E-state index contributed by atoms with van der Waals surface area (Å²) in [4.78, 5) is 0. The van der Waals surface area contributed by atoms with Crippen LogP contribution in [0.1, 0.15) is 0 Å². The smallest absolute Gasteiger partial charge is 0.0735 e. The van der Waals surface area contributed by atoms with Crippen LogP contribution in [0.4, 0.5) is 0 Å². The zero-order valence-electron chi connectivity index (χ0n) is 6.69. The number of hydrogen-bond acceptors (Lipinski definition) is 0. The van der Waals surface area contributed by atoms with Gasteiger partial charge in [0.05, 0.1) is 8.07 Å². The third kappa shape index (κ3) is 1.95. The van der Waals surface area contributed by atoms with E-state index < -0.39 is 8.07 Å². The van der Waals surface area contributed by atoms with Crippen molar-refractivity contribution in [1.82, 2.24) is 0 Å². The number of hydrogen-bond donors (Lipinski definition) is 0. The van der Waals surface area contributed by atoms with Gasteiger partial charge in [0.1, 0.15) is 0 Å². The SMILES string of the molecule is C[Si](C)(C)C1=CC(I)C=C1. The average molecular weight is 264 g/mol. The molecule has 0 N–H and O–H groups in total. The zero-order valence-corrected chi connectivity index (χ0v) is 9.84. The molecular formula is C8H13ISi. The number of allylic oxidation sites excluding steroid dienone is 4. The molecule has 56 valence electrons. The van der Waals surface area contributed by atoms with Gasteiger partial charge in [-0.2, -0.15) is 0 Å². The van der Waals surface area contributed by atoms with Crippen molar-refractivity contribution in [3.8, 4) is 0 Å². The molecule has 0 aromatic heterocycles. The Balaban J connectivity index is 2.78. The van der Waals surface area contributed by atoms with Crippen LogP contribution in [0, 0.1) is 0 Å². The molecule has 0 saturated carbocycles. The highest BCUT2D eigenvalue weighted by atomic mass is 127. The number of rotatable bonds is 1. The summed E-state index contributed by atoms with van der Waals surface area (Å²) in [5.74, 6) is 0. The molecule has 0 radical (unpaired) electrons. The summed E-state index contributed by atoms with van der Waals surface area (Å²) in [5, 5.41) is 1.60. The van der Waals surface area contributed by atoms with Crippen LogP contribution in [0.5, 0.6) is 0 Å². The van der Waals surface area contributed by atoms with Crippen LogP contribution in [-0.4, -0.2) is 12.0 Å². The predicted octanol–water partition coefficient (Wildman–Crippen LogP) is 3.16. The Morgan fingerprint density at radius 2 is 2.00 bits per heavy atom. The van der Waals surface area contributed by atoms with Crippen molar-refractivity contribution >= 4 is 30.7 Å². The molecule has 0 spiro atoms. The van der Waals surface area contributed by atoms with Gasteiger partial charge in [0.25, 0.3) is 0 Å². The quantitative estimate of drug-likeness (QED) is 0.387. The second kappa shape index (κ2) is 2.81. The maximum absolute atomic E-state index is 2.45. The molecule has 1 unspecified atom stereocenters. The molecule has 1 aliphatic rings. The highest BCUT2D eigenvalue weighted by Crippen LogP contribution is 2.24. The standard InChI is InChI=1S/C8H13ISi/c1-10(2,3)8-5-4-7(9)6-8/h4-7H,1-3H3. The van der Waals surface area contributed by atoms with Gasteiger partial charge >= 0.3 is 0 Å². The summed E-state index contributed by atoms with van der Waals surface area (Å²) in [5.41, 5.74) is 0. The van der Waals surface area contributed by atoms with E-state index in [1.165, 1.54) is 0 Å². The van der Waals surface area contributed by atoms with Crippen LogP contribution >= 0.6 is 22.6 Å². The van der Waals surface area contributed by atoms with Crippen molar-refractivity contribution < 1.29 is 0 Å². The van der Waals surface area contributed by atoms with Crippen molar-refractivity contribution in [1.29, 1.82) is 0 Å². The van der Waals surface area contributed by atoms with Gasteiger partial charge in [-0.3, -0.25) is 0 Å². The van der Waals surface area contributed by atoms with E-state index in [4.69, 9.17) is 0 Å². The van der Waals surface area contributed by atoms with Crippen LogP contribution in [0.15, 0.2) is 23.4 Å². The topological polar surface area (TPSA) is 0 Å². The fourth-order valence-electron chi connectivity index (χ4n) is 0.978. The fraction of sp³-hybridized carbons (Fsp3) is 0.500. The van der Waals surface area contributed by atoms with Crippen molar-refractivity contribution in [2.75, 3.05) is 0 Å². The molecule has 0 aromatic carbocycles. The molecule has 0 bridgehead atoms. The predicted molar refractivity (Wildman–Crippen MR) is 58.4 cm³/mol. The lowest BCUT2D eigenvalue weighted by molar-refractivity contribution is 1.53. The summed E-state index contributed by atoms with van der Waals surface area (Å²) >= 11 is 2.45. The lowest BCUT2D eigenvalue weighted by atomic mass is 10.5. The first-order chi connectivity index (χ1) is 4.50. The molecule has 2 heteroatoms. The molecule has 0 heterocycles. The molecule has 0 aromatic rings. The van der Waals surface area contributed by atoms with Crippen molar-refractivity contribution in [2.45, 2.75) is 23.6 Å². The summed E-state index contributed by atoms with van der Waals surface area (Å²) in [6, 6.07) is 0. The molecule has 0 saturated heterocycles. The second-order valence-corrected chi connectivity index (χ2v) is 10.2. The van der Waals surface area contributed by atoms with E-state index in [1.54, 1.807) is 5.20 Å². The monoisotopic (exact) mass is 264 g/mol. The zero-order chi connectivity index (χ0) is 7.78. The molecule has 1 atom stereocenters. The number of alkyl halides is 1. The molecule has 0 fully saturated rings. The van der Waals surface area contributed by atoms with Gasteiger partial charge in [0.2, 0.25) is 0 Å². The summed E-state index contributed by atoms with van der Waals surface area (Å²) in [6.45, 7) is 7.16. The highest BCUT2D eigenvalue weighted by molar-refractivity contribution is 14.1. The number of halogens is 1. The minimum absolute atomic E-state index is 0.652. The van der Waals surface area contributed by atoms with Gasteiger partial charge in [-0.25, -0.2) is 0 Å². The van der Waals surface area contributed by atoms with Gasteiger partial charge in [0.15, 0.2) is 0 Å². The highest BCUT2D eigenvalue weighted by Gasteiger charge is 2.20. The van der Waals surface area contributed by atoms with Gasteiger partial charge < -0.3 is 0 Å². The Kier molecular flexibility index (Phi) is 2.40. The minimum atomic E-state index is -0.996. The van der Waals surface area contributed by atoms with E-state index in [2.05, 4.69) is 60.5 Å². The average Bonchev–Trinajstić information content (AvgIpc) is 2.11. The Bertz CT molecular complexity index is 186. The van der Waals surface area contributed by atoms with Gasteiger partial charge in [-0.05, 0) is 0 Å². The summed E-state index contributed by atoms with van der Waals surface area (Å²) in [6.07, 6.45) is 6.95. The molecule has 1 rings (SSSR count). The van der Waals surface area contributed by atoms with Crippen molar-refractivity contribution in [3.63, 3.8) is 0 Å². The van der Waals surface area contributed by atoms with Crippen LogP contribution < -0.4 is 0 Å². The largest absolute Gasteiger partial charge is 0.0772 e. The molecular weight excluding hydrogens is 251 g/mol. The first-order valence-electron chi connectivity index (χ1n) is 3.55. The minimum Gasteiger partial charge on any atom is -0.0735 e. The van der Waals surface area contributed by atoms with Crippen molar-refractivity contribution in [2.24, 2.45) is 0 Å². The summed E-state index contributed by atoms with van der Waals surface area (Å²) < 4.78 is 0.652. The van der Waals surface area contributed by atoms with Gasteiger partial charge in [-0.1, -0.05) is 65.7 Å². The molecule has 0 aliphatic heterocycles. The lowest BCUT2D eigenvalue weighted by Crippen LogP contribution is -2.21. The third-order valence-corrected chi connectivity index (χ3v) is 4.50. The Hall–Kier alpha value is 0.427. The Morgan fingerprint density at radius 1 is 1.40 bits per heavy atom. The van der Waals surface area contributed by atoms with Gasteiger partial charge in [0, 0.05) is 3.92 Å². The van der Waals surface area contributed by atoms with Crippen LogP contribution in [0.2, 0.25) is 19.6 Å². The molecule has 0 nitrogen and oxygen atoms in total. The maximum atomic E-state index is 2.45. The first-order valence-corrected chi connectivity index (χ1v) is 8.29. The fourth-order valence-corrected chi connectivity index (χ4v) is 3.19. The first kappa shape index (κ1) is 8.52. The van der Waals surface area contributed by atoms with E-state index in [9.17, 15) is 0 Å². The Morgan fingerprint density at radius 3 is 2.20 bits per heavy atom. The van der Waals surface area contributed by atoms with E-state index in [0.29, 0.717) is 3.92 Å². The Labute approximate surface area is 77.6 Å². The third-order valence-electron chi connectivity index (χ3n) is 1.66.